The summed E-state index contributed by atoms with van der Waals surface area (Å²) in [7, 11) is 1.94. The van der Waals surface area contributed by atoms with Crippen molar-refractivity contribution in [2.24, 2.45) is 7.05 Å². The highest BCUT2D eigenvalue weighted by molar-refractivity contribution is 5.06. The van der Waals surface area contributed by atoms with E-state index in [0.29, 0.717) is 0 Å². The summed E-state index contributed by atoms with van der Waals surface area (Å²) in [6.45, 7) is 9.33. The summed E-state index contributed by atoms with van der Waals surface area (Å²) in [6.07, 6.45) is 4.30. The lowest BCUT2D eigenvalue weighted by Crippen LogP contribution is -2.48. The first-order valence-electron chi connectivity index (χ1n) is 7.68. The van der Waals surface area contributed by atoms with E-state index in [4.69, 9.17) is 4.74 Å². The van der Waals surface area contributed by atoms with Gasteiger partial charge in [-0.3, -0.25) is 9.58 Å². The van der Waals surface area contributed by atoms with Gasteiger partial charge < -0.3 is 10.1 Å². The first-order chi connectivity index (χ1) is 9.76. The SMILES string of the molecule is CCCNC(c1cnnn1C)C1CN(CCC)CCO1. The maximum atomic E-state index is 6.02. The Morgan fingerprint density at radius 2 is 2.30 bits per heavy atom. The Morgan fingerprint density at radius 1 is 1.45 bits per heavy atom. The minimum absolute atomic E-state index is 0.162. The molecule has 0 spiro atoms. The third-order valence-corrected chi connectivity index (χ3v) is 3.77. The number of hydrogen-bond donors (Lipinski definition) is 1. The molecule has 0 saturated carbocycles. The quantitative estimate of drug-likeness (QED) is 0.807. The Balaban J connectivity index is 2.07. The van der Waals surface area contributed by atoms with E-state index >= 15 is 0 Å². The Hall–Kier alpha value is -0.980. The van der Waals surface area contributed by atoms with Gasteiger partial charge in [0.1, 0.15) is 0 Å². The van der Waals surface area contributed by atoms with Gasteiger partial charge in [-0.25, -0.2) is 0 Å². The monoisotopic (exact) mass is 281 g/mol. The van der Waals surface area contributed by atoms with E-state index in [1.165, 1.54) is 6.42 Å². The first kappa shape index (κ1) is 15.4. The van der Waals surface area contributed by atoms with Crippen molar-refractivity contribution in [2.45, 2.75) is 38.8 Å². The molecule has 0 radical (unpaired) electrons. The molecule has 6 heteroatoms. The average molecular weight is 281 g/mol. The van der Waals surface area contributed by atoms with Crippen LogP contribution in [-0.4, -0.2) is 58.8 Å². The predicted molar refractivity (Wildman–Crippen MR) is 78.5 cm³/mol. The second-order valence-electron chi connectivity index (χ2n) is 5.42. The molecule has 2 rings (SSSR count). The third kappa shape index (κ3) is 3.77. The lowest BCUT2D eigenvalue weighted by atomic mass is 10.1. The number of morpholine rings is 1. The van der Waals surface area contributed by atoms with Crippen LogP contribution in [0.2, 0.25) is 0 Å². The molecule has 6 nitrogen and oxygen atoms in total. The van der Waals surface area contributed by atoms with E-state index in [0.717, 1.165) is 44.9 Å². The summed E-state index contributed by atoms with van der Waals surface area (Å²) in [5.41, 5.74) is 1.10. The van der Waals surface area contributed by atoms with E-state index < -0.39 is 0 Å². The molecule has 1 saturated heterocycles. The van der Waals surface area contributed by atoms with Crippen molar-refractivity contribution < 1.29 is 4.74 Å². The van der Waals surface area contributed by atoms with Crippen molar-refractivity contribution in [2.75, 3.05) is 32.8 Å². The highest BCUT2D eigenvalue weighted by Gasteiger charge is 2.30. The minimum Gasteiger partial charge on any atom is -0.374 e. The summed E-state index contributed by atoms with van der Waals surface area (Å²) < 4.78 is 7.86. The predicted octanol–water partition coefficient (Wildman–Crippen LogP) is 0.967. The Morgan fingerprint density at radius 3 is 2.95 bits per heavy atom. The van der Waals surface area contributed by atoms with Crippen LogP contribution in [0.5, 0.6) is 0 Å². The van der Waals surface area contributed by atoms with Gasteiger partial charge in [0.2, 0.25) is 0 Å². The number of rotatable bonds is 7. The van der Waals surface area contributed by atoms with Crippen molar-refractivity contribution in [1.29, 1.82) is 0 Å². The number of nitrogens with zero attached hydrogens (tertiary/aromatic N) is 4. The molecule has 2 heterocycles. The summed E-state index contributed by atoms with van der Waals surface area (Å²) in [5.74, 6) is 0. The topological polar surface area (TPSA) is 55.2 Å². The molecule has 0 aromatic carbocycles. The Kier molecular flexibility index (Phi) is 5.94. The smallest absolute Gasteiger partial charge is 0.0912 e. The van der Waals surface area contributed by atoms with E-state index in [-0.39, 0.29) is 12.1 Å². The van der Waals surface area contributed by atoms with Gasteiger partial charge in [-0.15, -0.1) is 5.10 Å². The van der Waals surface area contributed by atoms with Crippen molar-refractivity contribution in [1.82, 2.24) is 25.2 Å². The average Bonchev–Trinajstić information content (AvgIpc) is 2.87. The normalized spacial score (nSPS) is 22.1. The fourth-order valence-electron chi connectivity index (χ4n) is 2.76. The fraction of sp³-hybridized carbons (Fsp3) is 0.857. The maximum Gasteiger partial charge on any atom is 0.0912 e. The number of hydrogen-bond acceptors (Lipinski definition) is 5. The molecule has 0 aliphatic carbocycles. The van der Waals surface area contributed by atoms with Crippen LogP contribution in [0.4, 0.5) is 0 Å². The van der Waals surface area contributed by atoms with E-state index in [1.54, 1.807) is 0 Å². The van der Waals surface area contributed by atoms with E-state index in [9.17, 15) is 0 Å². The lowest BCUT2D eigenvalue weighted by Gasteiger charge is -2.37. The van der Waals surface area contributed by atoms with Crippen molar-refractivity contribution in [3.05, 3.63) is 11.9 Å². The third-order valence-electron chi connectivity index (χ3n) is 3.77. The molecule has 1 aliphatic rings. The molecule has 1 N–H and O–H groups in total. The first-order valence-corrected chi connectivity index (χ1v) is 7.68. The van der Waals surface area contributed by atoms with Crippen LogP contribution in [0.1, 0.15) is 38.4 Å². The van der Waals surface area contributed by atoms with Crippen LogP contribution in [0, 0.1) is 0 Å². The second kappa shape index (κ2) is 7.71. The zero-order valence-electron chi connectivity index (χ0n) is 12.9. The minimum atomic E-state index is 0.162. The van der Waals surface area contributed by atoms with Gasteiger partial charge in [0, 0.05) is 20.1 Å². The molecular formula is C14H27N5O. The summed E-state index contributed by atoms with van der Waals surface area (Å²) in [6, 6.07) is 0.162. The van der Waals surface area contributed by atoms with Crippen LogP contribution in [0.25, 0.3) is 0 Å². The fourth-order valence-corrected chi connectivity index (χ4v) is 2.76. The van der Waals surface area contributed by atoms with Crippen LogP contribution in [0.15, 0.2) is 6.20 Å². The Bertz CT molecular complexity index is 393. The van der Waals surface area contributed by atoms with Gasteiger partial charge >= 0.3 is 0 Å². The highest BCUT2D eigenvalue weighted by Crippen LogP contribution is 2.21. The molecule has 0 amide bonds. The van der Waals surface area contributed by atoms with Crippen molar-refractivity contribution >= 4 is 0 Å². The van der Waals surface area contributed by atoms with Crippen LogP contribution >= 0.6 is 0 Å². The van der Waals surface area contributed by atoms with Crippen LogP contribution in [-0.2, 0) is 11.8 Å². The summed E-state index contributed by atoms with van der Waals surface area (Å²) in [5, 5.41) is 11.7. The van der Waals surface area contributed by atoms with Gasteiger partial charge in [-0.05, 0) is 25.9 Å². The van der Waals surface area contributed by atoms with Crippen molar-refractivity contribution in [3.8, 4) is 0 Å². The largest absolute Gasteiger partial charge is 0.374 e. The second-order valence-corrected chi connectivity index (χ2v) is 5.42. The molecular weight excluding hydrogens is 254 g/mol. The molecule has 1 fully saturated rings. The van der Waals surface area contributed by atoms with Gasteiger partial charge in [0.05, 0.1) is 30.6 Å². The molecule has 2 atom stereocenters. The zero-order chi connectivity index (χ0) is 14.4. The molecule has 0 bridgehead atoms. The highest BCUT2D eigenvalue weighted by atomic mass is 16.5. The Labute approximate surface area is 121 Å². The molecule has 20 heavy (non-hydrogen) atoms. The van der Waals surface area contributed by atoms with E-state index in [1.807, 2.05) is 17.9 Å². The van der Waals surface area contributed by atoms with Gasteiger partial charge in [-0.1, -0.05) is 19.1 Å². The molecule has 1 aromatic heterocycles. The van der Waals surface area contributed by atoms with E-state index in [2.05, 4.69) is 34.4 Å². The number of ether oxygens (including phenoxy) is 1. The number of nitrogens with one attached hydrogen (secondary N) is 1. The summed E-state index contributed by atoms with van der Waals surface area (Å²) in [4.78, 5) is 2.48. The van der Waals surface area contributed by atoms with Gasteiger partial charge in [0.25, 0.3) is 0 Å². The van der Waals surface area contributed by atoms with Gasteiger partial charge in [0.15, 0.2) is 0 Å². The van der Waals surface area contributed by atoms with Crippen molar-refractivity contribution in [3.63, 3.8) is 0 Å². The maximum absolute atomic E-state index is 6.02. The summed E-state index contributed by atoms with van der Waals surface area (Å²) >= 11 is 0. The molecule has 1 aliphatic heterocycles. The number of aromatic nitrogens is 3. The number of aryl methyl sites for hydroxylation is 1. The molecule has 1 aromatic rings. The van der Waals surface area contributed by atoms with Crippen LogP contribution < -0.4 is 5.32 Å². The standard InChI is InChI=1S/C14H27N5O/c1-4-6-15-14(12-10-16-17-18(12)3)13-11-19(7-5-2)8-9-20-13/h10,13-15H,4-9,11H2,1-3H3. The zero-order valence-corrected chi connectivity index (χ0v) is 12.9. The molecule has 114 valence electrons. The van der Waals surface area contributed by atoms with Gasteiger partial charge in [-0.2, -0.15) is 0 Å². The molecule has 2 unspecified atom stereocenters. The van der Waals surface area contributed by atoms with Crippen LogP contribution in [0.3, 0.4) is 0 Å². The lowest BCUT2D eigenvalue weighted by molar-refractivity contribution is -0.0482.